The summed E-state index contributed by atoms with van der Waals surface area (Å²) in [6, 6.07) is 5.15. The molecule has 0 radical (unpaired) electrons. The first-order valence-corrected chi connectivity index (χ1v) is 9.26. The molecule has 3 rings (SSSR count). The van der Waals surface area contributed by atoms with Crippen molar-refractivity contribution in [2.75, 3.05) is 38.1 Å². The van der Waals surface area contributed by atoms with Crippen LogP contribution in [0.3, 0.4) is 0 Å². The van der Waals surface area contributed by atoms with Crippen LogP contribution in [0.4, 0.5) is 19.0 Å². The van der Waals surface area contributed by atoms with Gasteiger partial charge in [-0.25, -0.2) is 15.0 Å². The van der Waals surface area contributed by atoms with Crippen molar-refractivity contribution in [2.24, 2.45) is 5.73 Å². The zero-order valence-electron chi connectivity index (χ0n) is 14.5. The highest BCUT2D eigenvalue weighted by Gasteiger charge is 2.31. The smallest absolute Gasteiger partial charge is 0.329 e. The lowest BCUT2D eigenvalue weighted by Gasteiger charge is -2.39. The van der Waals surface area contributed by atoms with Gasteiger partial charge in [0.1, 0.15) is 6.33 Å². The molecule has 0 spiro atoms. The predicted octanol–water partition coefficient (Wildman–Crippen LogP) is 2.90. The normalized spacial score (nSPS) is 17.7. The third-order valence-corrected chi connectivity index (χ3v) is 5.11. The Kier molecular flexibility index (Phi) is 6.30. The number of hydrogen-bond donors (Lipinski definition) is 2. The van der Waals surface area contributed by atoms with E-state index >= 15 is 0 Å². The first-order valence-electron chi connectivity index (χ1n) is 8.47. The minimum absolute atomic E-state index is 0.111. The van der Waals surface area contributed by atoms with E-state index in [1.807, 2.05) is 5.01 Å². The lowest BCUT2D eigenvalue weighted by atomic mass is 10.0. The second-order valence-electron chi connectivity index (χ2n) is 6.23. The number of rotatable bonds is 5. The highest BCUT2D eigenvalue weighted by Crippen LogP contribution is 2.31. The van der Waals surface area contributed by atoms with Gasteiger partial charge in [-0.1, -0.05) is 12.1 Å². The minimum atomic E-state index is -4.33. The number of aromatic nitrogens is 2. The summed E-state index contributed by atoms with van der Waals surface area (Å²) in [7, 11) is 0. The Morgan fingerprint density at radius 2 is 1.81 bits per heavy atom. The number of alkyl halides is 3. The van der Waals surface area contributed by atoms with Gasteiger partial charge >= 0.3 is 6.18 Å². The topological polar surface area (TPSA) is 70.3 Å². The molecule has 146 valence electrons. The molecule has 1 aromatic heterocycles. The number of halogens is 4. The van der Waals surface area contributed by atoms with Crippen LogP contribution in [0.1, 0.15) is 17.2 Å². The molecule has 1 unspecified atom stereocenters. The van der Waals surface area contributed by atoms with Gasteiger partial charge in [-0.05, 0) is 33.6 Å². The van der Waals surface area contributed by atoms with Crippen molar-refractivity contribution in [1.29, 1.82) is 0 Å². The molecule has 0 bridgehead atoms. The van der Waals surface area contributed by atoms with Gasteiger partial charge in [0.25, 0.3) is 0 Å². The fourth-order valence-corrected chi connectivity index (χ4v) is 3.39. The summed E-state index contributed by atoms with van der Waals surface area (Å²) in [6.45, 7) is 3.27. The van der Waals surface area contributed by atoms with E-state index in [1.54, 1.807) is 6.20 Å². The summed E-state index contributed by atoms with van der Waals surface area (Å²) in [5, 5.41) is 2.05. The average molecular weight is 445 g/mol. The largest absolute Gasteiger partial charge is 0.416 e. The molecule has 2 heterocycles. The Morgan fingerprint density at radius 3 is 2.37 bits per heavy atom. The molecule has 0 amide bonds. The van der Waals surface area contributed by atoms with E-state index < -0.39 is 11.7 Å². The Labute approximate surface area is 163 Å². The molecule has 27 heavy (non-hydrogen) atoms. The molecule has 1 atom stereocenters. The summed E-state index contributed by atoms with van der Waals surface area (Å²) in [5.74, 6) is 0.691. The zero-order valence-corrected chi connectivity index (χ0v) is 16.0. The predicted molar refractivity (Wildman–Crippen MR) is 99.7 cm³/mol. The molecule has 1 fully saturated rings. The number of piperazine rings is 1. The average Bonchev–Trinajstić information content (AvgIpc) is 2.65. The third kappa shape index (κ3) is 4.95. The first kappa shape index (κ1) is 20.0. The maximum absolute atomic E-state index is 12.7. The van der Waals surface area contributed by atoms with E-state index in [0.29, 0.717) is 12.4 Å². The Morgan fingerprint density at radius 1 is 1.15 bits per heavy atom. The van der Waals surface area contributed by atoms with Crippen LogP contribution in [0.25, 0.3) is 0 Å². The Balaban J connectivity index is 1.61. The standard InChI is InChI=1S/C17H20BrF3N6/c18-14-10-23-11-24-16(14)25-27-7-5-26(6-8-27)15(9-22)12-1-3-13(4-2-12)17(19,20)21/h1-4,10-11,15H,5-9,22H2,(H,23,24,25). The van der Waals surface area contributed by atoms with Crippen LogP contribution >= 0.6 is 15.9 Å². The van der Waals surface area contributed by atoms with E-state index in [0.717, 1.165) is 48.3 Å². The summed E-state index contributed by atoms with van der Waals surface area (Å²) in [6.07, 6.45) is -1.19. The van der Waals surface area contributed by atoms with Gasteiger partial charge in [0.15, 0.2) is 5.82 Å². The maximum Gasteiger partial charge on any atom is 0.416 e. The number of nitrogens with two attached hydrogens (primary N) is 1. The first-order chi connectivity index (χ1) is 12.9. The highest BCUT2D eigenvalue weighted by atomic mass is 79.9. The third-order valence-electron chi connectivity index (χ3n) is 4.53. The molecule has 1 saturated heterocycles. The Bertz CT molecular complexity index is 747. The van der Waals surface area contributed by atoms with E-state index in [1.165, 1.54) is 18.5 Å². The van der Waals surface area contributed by atoms with Gasteiger partial charge in [0, 0.05) is 45.0 Å². The van der Waals surface area contributed by atoms with Crippen LogP contribution in [-0.4, -0.2) is 52.6 Å². The van der Waals surface area contributed by atoms with Crippen LogP contribution in [0.2, 0.25) is 0 Å². The molecule has 1 aliphatic heterocycles. The van der Waals surface area contributed by atoms with Gasteiger partial charge in [0.05, 0.1) is 10.0 Å². The lowest BCUT2D eigenvalue weighted by molar-refractivity contribution is -0.137. The molecule has 0 saturated carbocycles. The lowest BCUT2D eigenvalue weighted by Crippen LogP contribution is -2.50. The van der Waals surface area contributed by atoms with Gasteiger partial charge in [-0.2, -0.15) is 13.2 Å². The maximum atomic E-state index is 12.7. The molecule has 2 aromatic rings. The van der Waals surface area contributed by atoms with Gasteiger partial charge in [0.2, 0.25) is 0 Å². The number of anilines is 1. The fourth-order valence-electron chi connectivity index (χ4n) is 3.08. The summed E-state index contributed by atoms with van der Waals surface area (Å²) in [4.78, 5) is 10.3. The van der Waals surface area contributed by atoms with Crippen molar-refractivity contribution in [2.45, 2.75) is 12.2 Å². The van der Waals surface area contributed by atoms with Crippen LogP contribution in [0.15, 0.2) is 41.3 Å². The molecule has 1 aromatic carbocycles. The van der Waals surface area contributed by atoms with Crippen LogP contribution < -0.4 is 11.2 Å². The van der Waals surface area contributed by atoms with Crippen molar-refractivity contribution in [1.82, 2.24) is 19.9 Å². The molecule has 1 aliphatic rings. The molecule has 3 N–H and O–H groups in total. The van der Waals surface area contributed by atoms with Crippen molar-refractivity contribution in [3.63, 3.8) is 0 Å². The number of nitrogens with zero attached hydrogens (tertiary/aromatic N) is 4. The SMILES string of the molecule is NCC(c1ccc(C(F)(F)F)cc1)N1CCN(Nc2ncncc2Br)CC1. The van der Waals surface area contributed by atoms with E-state index in [4.69, 9.17) is 5.73 Å². The van der Waals surface area contributed by atoms with Gasteiger partial charge in [-0.15, -0.1) is 0 Å². The van der Waals surface area contributed by atoms with Crippen LogP contribution in [0, 0.1) is 0 Å². The second-order valence-corrected chi connectivity index (χ2v) is 7.08. The summed E-state index contributed by atoms with van der Waals surface area (Å²) >= 11 is 3.40. The number of hydrogen-bond acceptors (Lipinski definition) is 6. The van der Waals surface area contributed by atoms with E-state index in [2.05, 4.69) is 36.2 Å². The molecule has 10 heteroatoms. The van der Waals surface area contributed by atoms with E-state index in [-0.39, 0.29) is 6.04 Å². The zero-order chi connectivity index (χ0) is 19.4. The van der Waals surface area contributed by atoms with E-state index in [9.17, 15) is 13.2 Å². The minimum Gasteiger partial charge on any atom is -0.329 e. The van der Waals surface area contributed by atoms with Gasteiger partial charge < -0.3 is 11.2 Å². The molecular formula is C17H20BrF3N6. The number of benzene rings is 1. The molecular weight excluding hydrogens is 425 g/mol. The number of nitrogens with one attached hydrogen (secondary N) is 1. The van der Waals surface area contributed by atoms with Crippen molar-refractivity contribution >= 4 is 21.7 Å². The summed E-state index contributed by atoms with van der Waals surface area (Å²) in [5.41, 5.74) is 9.31. The molecule has 6 nitrogen and oxygen atoms in total. The second kappa shape index (κ2) is 8.51. The van der Waals surface area contributed by atoms with Crippen molar-refractivity contribution in [3.8, 4) is 0 Å². The molecule has 0 aliphatic carbocycles. The Hall–Kier alpha value is -1.75. The monoisotopic (exact) mass is 444 g/mol. The van der Waals surface area contributed by atoms with Crippen molar-refractivity contribution in [3.05, 3.63) is 52.4 Å². The summed E-state index contributed by atoms with van der Waals surface area (Å²) < 4.78 is 39.0. The quantitative estimate of drug-likeness (QED) is 0.738. The fraction of sp³-hybridized carbons (Fsp3) is 0.412. The van der Waals surface area contributed by atoms with Crippen LogP contribution in [0.5, 0.6) is 0 Å². The van der Waals surface area contributed by atoms with Crippen LogP contribution in [-0.2, 0) is 6.18 Å². The van der Waals surface area contributed by atoms with Crippen molar-refractivity contribution < 1.29 is 13.2 Å². The number of hydrazine groups is 1. The van der Waals surface area contributed by atoms with Gasteiger partial charge in [-0.3, -0.25) is 4.90 Å². The highest BCUT2D eigenvalue weighted by molar-refractivity contribution is 9.10.